The number of fused-ring (bicyclic) bond motifs is 1. The fraction of sp³-hybridized carbons (Fsp3) is 0.133. The van der Waals surface area contributed by atoms with Crippen LogP contribution in [0.1, 0.15) is 11.4 Å². The topological polar surface area (TPSA) is 29.3 Å². The third-order valence-corrected chi connectivity index (χ3v) is 4.01. The molecule has 1 aromatic carbocycles. The average molecular weight is 351 g/mol. The first-order valence-electron chi connectivity index (χ1n) is 6.26. The molecule has 3 aromatic rings. The number of hydrogen-bond donors (Lipinski definition) is 1. The molecule has 3 nitrogen and oxygen atoms in total. The maximum atomic E-state index is 6.21. The minimum absolute atomic E-state index is 0.679. The van der Waals surface area contributed by atoms with Gasteiger partial charge in [-0.3, -0.25) is 0 Å². The van der Waals surface area contributed by atoms with E-state index in [2.05, 4.69) is 30.6 Å². The van der Waals surface area contributed by atoms with E-state index in [9.17, 15) is 0 Å². The average Bonchev–Trinajstić information content (AvgIpc) is 2.74. The largest absolute Gasteiger partial charge is 0.378 e. The molecule has 0 aliphatic rings. The molecule has 0 spiro atoms. The highest BCUT2D eigenvalue weighted by molar-refractivity contribution is 9.10. The van der Waals surface area contributed by atoms with Crippen LogP contribution in [0.2, 0.25) is 5.02 Å². The molecule has 0 unspecified atom stereocenters. The van der Waals surface area contributed by atoms with Gasteiger partial charge in [-0.15, -0.1) is 0 Å². The van der Waals surface area contributed by atoms with Crippen molar-refractivity contribution in [2.24, 2.45) is 0 Å². The Kier molecular flexibility index (Phi) is 3.68. The van der Waals surface area contributed by atoms with Crippen LogP contribution < -0.4 is 5.32 Å². The SMILES string of the molecule is Cc1nc2ccccn2c1CNc1ccc(Br)cc1Cl. The normalized spacial score (nSPS) is 10.9. The summed E-state index contributed by atoms with van der Waals surface area (Å²) in [4.78, 5) is 4.54. The first kappa shape index (κ1) is 13.5. The molecular formula is C15H13BrClN3. The molecule has 0 amide bonds. The number of aromatic nitrogens is 2. The van der Waals surface area contributed by atoms with Crippen molar-refractivity contribution >= 4 is 38.9 Å². The van der Waals surface area contributed by atoms with Gasteiger partial charge in [-0.25, -0.2) is 4.98 Å². The van der Waals surface area contributed by atoms with Gasteiger partial charge in [-0.1, -0.05) is 33.6 Å². The van der Waals surface area contributed by atoms with Crippen molar-refractivity contribution in [3.63, 3.8) is 0 Å². The number of halogens is 2. The molecule has 102 valence electrons. The Balaban J connectivity index is 1.88. The van der Waals surface area contributed by atoms with Crippen molar-refractivity contribution in [2.75, 3.05) is 5.32 Å². The molecule has 0 saturated heterocycles. The van der Waals surface area contributed by atoms with Gasteiger partial charge < -0.3 is 9.72 Å². The molecule has 0 atom stereocenters. The summed E-state index contributed by atoms with van der Waals surface area (Å²) in [5.41, 5.74) is 4.04. The van der Waals surface area contributed by atoms with Crippen LogP contribution in [0.15, 0.2) is 47.1 Å². The molecule has 0 radical (unpaired) electrons. The first-order valence-corrected chi connectivity index (χ1v) is 7.44. The zero-order valence-corrected chi connectivity index (χ0v) is 13.2. The summed E-state index contributed by atoms with van der Waals surface area (Å²) in [5.74, 6) is 0. The molecule has 2 heterocycles. The van der Waals surface area contributed by atoms with Gasteiger partial charge in [0.05, 0.1) is 28.6 Å². The maximum absolute atomic E-state index is 6.21. The van der Waals surface area contributed by atoms with Crippen LogP contribution in [0.25, 0.3) is 5.65 Å². The van der Waals surface area contributed by atoms with E-state index in [1.165, 1.54) is 0 Å². The second kappa shape index (κ2) is 5.46. The minimum atomic E-state index is 0.679. The number of aryl methyl sites for hydroxylation is 1. The number of rotatable bonds is 3. The van der Waals surface area contributed by atoms with E-state index in [1.807, 2.05) is 49.5 Å². The molecule has 0 bridgehead atoms. The molecule has 2 aromatic heterocycles. The van der Waals surface area contributed by atoms with E-state index >= 15 is 0 Å². The highest BCUT2D eigenvalue weighted by Gasteiger charge is 2.08. The Bertz CT molecular complexity index is 767. The van der Waals surface area contributed by atoms with E-state index in [-0.39, 0.29) is 0 Å². The van der Waals surface area contributed by atoms with Crippen LogP contribution >= 0.6 is 27.5 Å². The highest BCUT2D eigenvalue weighted by Crippen LogP contribution is 2.26. The lowest BCUT2D eigenvalue weighted by molar-refractivity contribution is 0.987. The van der Waals surface area contributed by atoms with Crippen molar-refractivity contribution in [3.8, 4) is 0 Å². The summed E-state index contributed by atoms with van der Waals surface area (Å²) in [6.07, 6.45) is 2.02. The summed E-state index contributed by atoms with van der Waals surface area (Å²) in [6, 6.07) is 11.8. The standard InChI is InChI=1S/C15H13BrClN3/c1-10-14(20-7-3-2-4-15(20)19-10)9-18-13-6-5-11(16)8-12(13)17/h2-8,18H,9H2,1H3. The van der Waals surface area contributed by atoms with Crippen molar-refractivity contribution in [3.05, 3.63) is 63.5 Å². The third-order valence-electron chi connectivity index (χ3n) is 3.21. The Hall–Kier alpha value is -1.52. The molecule has 3 rings (SSSR count). The number of nitrogens with one attached hydrogen (secondary N) is 1. The van der Waals surface area contributed by atoms with Gasteiger partial charge in [0, 0.05) is 10.7 Å². The van der Waals surface area contributed by atoms with Crippen LogP contribution in [0, 0.1) is 6.92 Å². The summed E-state index contributed by atoms with van der Waals surface area (Å²) in [6.45, 7) is 2.70. The monoisotopic (exact) mass is 349 g/mol. The van der Waals surface area contributed by atoms with Crippen molar-refractivity contribution in [1.82, 2.24) is 9.38 Å². The summed E-state index contributed by atoms with van der Waals surface area (Å²) in [5, 5.41) is 4.06. The zero-order valence-electron chi connectivity index (χ0n) is 10.9. The predicted octanol–water partition coefficient (Wildman–Crippen LogP) is 4.67. The Labute approximate surface area is 130 Å². The number of anilines is 1. The lowest BCUT2D eigenvalue weighted by Crippen LogP contribution is -2.04. The van der Waals surface area contributed by atoms with Crippen LogP contribution in [0.5, 0.6) is 0 Å². The maximum Gasteiger partial charge on any atom is 0.137 e. The van der Waals surface area contributed by atoms with E-state index in [4.69, 9.17) is 11.6 Å². The smallest absolute Gasteiger partial charge is 0.137 e. The number of hydrogen-bond acceptors (Lipinski definition) is 2. The first-order chi connectivity index (χ1) is 9.65. The van der Waals surface area contributed by atoms with Gasteiger partial charge in [-0.2, -0.15) is 0 Å². The third kappa shape index (κ3) is 2.53. The van der Waals surface area contributed by atoms with Crippen LogP contribution in [-0.2, 0) is 6.54 Å². The van der Waals surface area contributed by atoms with Crippen LogP contribution in [0.4, 0.5) is 5.69 Å². The predicted molar refractivity (Wildman–Crippen MR) is 86.4 cm³/mol. The summed E-state index contributed by atoms with van der Waals surface area (Å²) < 4.78 is 3.06. The van der Waals surface area contributed by atoms with E-state index in [1.54, 1.807) is 0 Å². The number of benzene rings is 1. The highest BCUT2D eigenvalue weighted by atomic mass is 79.9. The molecule has 0 fully saturated rings. The second-order valence-electron chi connectivity index (χ2n) is 4.55. The van der Waals surface area contributed by atoms with Gasteiger partial charge in [-0.05, 0) is 37.3 Å². The van der Waals surface area contributed by atoms with Crippen LogP contribution in [-0.4, -0.2) is 9.38 Å². The molecule has 0 aliphatic heterocycles. The van der Waals surface area contributed by atoms with Gasteiger partial charge in [0.15, 0.2) is 0 Å². The molecule has 1 N–H and O–H groups in total. The number of nitrogens with zero attached hydrogens (tertiary/aromatic N) is 2. The second-order valence-corrected chi connectivity index (χ2v) is 5.87. The Morgan fingerprint density at radius 2 is 2.15 bits per heavy atom. The summed E-state index contributed by atoms with van der Waals surface area (Å²) >= 11 is 9.62. The lowest BCUT2D eigenvalue weighted by atomic mass is 10.3. The van der Waals surface area contributed by atoms with E-state index in [0.717, 1.165) is 27.2 Å². The fourth-order valence-electron chi connectivity index (χ4n) is 2.19. The fourth-order valence-corrected chi connectivity index (χ4v) is 2.93. The number of pyridine rings is 1. The Morgan fingerprint density at radius 3 is 2.95 bits per heavy atom. The molecule has 5 heteroatoms. The number of imidazole rings is 1. The zero-order chi connectivity index (χ0) is 14.1. The molecule has 20 heavy (non-hydrogen) atoms. The lowest BCUT2D eigenvalue weighted by Gasteiger charge is -2.09. The van der Waals surface area contributed by atoms with Gasteiger partial charge in [0.25, 0.3) is 0 Å². The quantitative estimate of drug-likeness (QED) is 0.743. The Morgan fingerprint density at radius 1 is 1.30 bits per heavy atom. The summed E-state index contributed by atoms with van der Waals surface area (Å²) in [7, 11) is 0. The van der Waals surface area contributed by atoms with E-state index in [0.29, 0.717) is 11.6 Å². The minimum Gasteiger partial charge on any atom is -0.378 e. The van der Waals surface area contributed by atoms with Crippen molar-refractivity contribution in [1.29, 1.82) is 0 Å². The van der Waals surface area contributed by atoms with Gasteiger partial charge >= 0.3 is 0 Å². The van der Waals surface area contributed by atoms with Crippen molar-refractivity contribution in [2.45, 2.75) is 13.5 Å². The van der Waals surface area contributed by atoms with Gasteiger partial charge in [0.2, 0.25) is 0 Å². The molecule has 0 saturated carbocycles. The van der Waals surface area contributed by atoms with Crippen LogP contribution in [0.3, 0.4) is 0 Å². The molecule has 0 aliphatic carbocycles. The molecular weight excluding hydrogens is 338 g/mol. The van der Waals surface area contributed by atoms with E-state index < -0.39 is 0 Å². The van der Waals surface area contributed by atoms with Crippen molar-refractivity contribution < 1.29 is 0 Å². The van der Waals surface area contributed by atoms with Gasteiger partial charge in [0.1, 0.15) is 5.65 Å².